The molecule has 0 radical (unpaired) electrons. The lowest BCUT2D eigenvalue weighted by Gasteiger charge is -2.17. The first kappa shape index (κ1) is 13.8. The molecule has 1 atom stereocenters. The van der Waals surface area contributed by atoms with E-state index in [2.05, 4.69) is 41.7 Å². The van der Waals surface area contributed by atoms with Gasteiger partial charge in [-0.05, 0) is 29.3 Å². The van der Waals surface area contributed by atoms with Crippen molar-refractivity contribution in [2.45, 2.75) is 32.7 Å². The molecule has 0 aliphatic heterocycles. The van der Waals surface area contributed by atoms with Crippen molar-refractivity contribution < 1.29 is 4.79 Å². The molecule has 0 heterocycles. The highest BCUT2D eigenvalue weighted by atomic mass is 16.1. The monoisotopic (exact) mass is 255 g/mol. The van der Waals surface area contributed by atoms with E-state index in [0.29, 0.717) is 6.42 Å². The van der Waals surface area contributed by atoms with Crippen LogP contribution in [0.3, 0.4) is 0 Å². The molecule has 1 unspecified atom stereocenters. The zero-order valence-corrected chi connectivity index (χ0v) is 11.6. The molecule has 2 heteroatoms. The predicted octanol–water partition coefficient (Wildman–Crippen LogP) is 3.34. The SMILES string of the molecule is CCNC(Cc1cccc2ccccc12)C(=O)CC. The maximum absolute atomic E-state index is 12.0. The van der Waals surface area contributed by atoms with Crippen LogP contribution in [0.4, 0.5) is 0 Å². The third-order valence-electron chi connectivity index (χ3n) is 3.49. The number of rotatable bonds is 6. The molecule has 100 valence electrons. The van der Waals surface area contributed by atoms with E-state index >= 15 is 0 Å². The van der Waals surface area contributed by atoms with Crippen LogP contribution in [-0.4, -0.2) is 18.4 Å². The normalized spacial score (nSPS) is 12.5. The minimum Gasteiger partial charge on any atom is -0.307 e. The summed E-state index contributed by atoms with van der Waals surface area (Å²) in [6, 6.07) is 14.6. The van der Waals surface area contributed by atoms with Crippen molar-refractivity contribution in [2.24, 2.45) is 0 Å². The van der Waals surface area contributed by atoms with Crippen molar-refractivity contribution in [1.29, 1.82) is 0 Å². The van der Waals surface area contributed by atoms with Gasteiger partial charge in [0.05, 0.1) is 6.04 Å². The number of carbonyl (C=O) groups excluding carboxylic acids is 1. The van der Waals surface area contributed by atoms with Gasteiger partial charge in [0.2, 0.25) is 0 Å². The van der Waals surface area contributed by atoms with Crippen LogP contribution >= 0.6 is 0 Å². The fraction of sp³-hybridized carbons (Fsp3) is 0.353. The molecule has 0 spiro atoms. The number of hydrogen-bond donors (Lipinski definition) is 1. The molecule has 2 aromatic rings. The molecule has 0 amide bonds. The van der Waals surface area contributed by atoms with E-state index in [9.17, 15) is 4.79 Å². The smallest absolute Gasteiger partial charge is 0.149 e. The topological polar surface area (TPSA) is 29.1 Å². The summed E-state index contributed by atoms with van der Waals surface area (Å²) in [7, 11) is 0. The van der Waals surface area contributed by atoms with E-state index in [-0.39, 0.29) is 11.8 Å². The van der Waals surface area contributed by atoms with Gasteiger partial charge < -0.3 is 5.32 Å². The predicted molar refractivity (Wildman–Crippen MR) is 80.4 cm³/mol. The summed E-state index contributed by atoms with van der Waals surface area (Å²) in [6.45, 7) is 4.79. The van der Waals surface area contributed by atoms with E-state index < -0.39 is 0 Å². The van der Waals surface area contributed by atoms with Gasteiger partial charge in [0.15, 0.2) is 0 Å². The van der Waals surface area contributed by atoms with Crippen LogP contribution in [0.1, 0.15) is 25.8 Å². The number of fused-ring (bicyclic) bond motifs is 1. The van der Waals surface area contributed by atoms with Crippen molar-refractivity contribution in [3.63, 3.8) is 0 Å². The molecule has 0 aliphatic rings. The number of Topliss-reactive ketones (excluding diaryl/α,β-unsaturated/α-hetero) is 1. The maximum atomic E-state index is 12.0. The fourth-order valence-electron chi connectivity index (χ4n) is 2.48. The number of carbonyl (C=O) groups is 1. The number of benzene rings is 2. The summed E-state index contributed by atoms with van der Waals surface area (Å²) >= 11 is 0. The zero-order valence-electron chi connectivity index (χ0n) is 11.6. The van der Waals surface area contributed by atoms with Gasteiger partial charge in [0.25, 0.3) is 0 Å². The Hall–Kier alpha value is -1.67. The minimum absolute atomic E-state index is 0.0687. The first-order valence-corrected chi connectivity index (χ1v) is 6.99. The quantitative estimate of drug-likeness (QED) is 0.857. The standard InChI is InChI=1S/C17H21NO/c1-3-17(19)16(18-4-2)12-14-10-7-9-13-8-5-6-11-15(13)14/h5-11,16,18H,3-4,12H2,1-2H3. The van der Waals surface area contributed by atoms with Gasteiger partial charge in [-0.1, -0.05) is 56.3 Å². The largest absolute Gasteiger partial charge is 0.307 e. The molecule has 0 fully saturated rings. The van der Waals surface area contributed by atoms with Crippen LogP contribution in [0.15, 0.2) is 42.5 Å². The van der Waals surface area contributed by atoms with Crippen LogP contribution in [0.2, 0.25) is 0 Å². The van der Waals surface area contributed by atoms with Gasteiger partial charge >= 0.3 is 0 Å². The molecule has 0 saturated carbocycles. The Balaban J connectivity index is 2.31. The van der Waals surface area contributed by atoms with Gasteiger partial charge in [0.1, 0.15) is 5.78 Å². The summed E-state index contributed by atoms with van der Waals surface area (Å²) < 4.78 is 0. The highest BCUT2D eigenvalue weighted by Gasteiger charge is 2.16. The molecule has 19 heavy (non-hydrogen) atoms. The number of ketones is 1. The number of nitrogens with one attached hydrogen (secondary N) is 1. The molecule has 1 N–H and O–H groups in total. The van der Waals surface area contributed by atoms with Gasteiger partial charge in [-0.3, -0.25) is 4.79 Å². The Morgan fingerprint density at radius 3 is 2.58 bits per heavy atom. The summed E-state index contributed by atoms with van der Waals surface area (Å²) in [6.07, 6.45) is 1.35. The molecule has 2 nitrogen and oxygen atoms in total. The molecule has 0 saturated heterocycles. The lowest BCUT2D eigenvalue weighted by atomic mass is 9.96. The summed E-state index contributed by atoms with van der Waals surface area (Å²) in [5.41, 5.74) is 1.24. The van der Waals surface area contributed by atoms with Crippen LogP contribution in [0.25, 0.3) is 10.8 Å². The number of likely N-dealkylation sites (N-methyl/N-ethyl adjacent to an activating group) is 1. The lowest BCUT2D eigenvalue weighted by Crippen LogP contribution is -2.38. The lowest BCUT2D eigenvalue weighted by molar-refractivity contribution is -0.120. The van der Waals surface area contributed by atoms with E-state index in [1.165, 1.54) is 16.3 Å². The summed E-state index contributed by atoms with van der Waals surface area (Å²) in [5, 5.41) is 5.78. The Bertz CT molecular complexity index is 557. The van der Waals surface area contributed by atoms with E-state index in [1.807, 2.05) is 19.9 Å². The van der Waals surface area contributed by atoms with Crippen molar-refractivity contribution in [3.8, 4) is 0 Å². The first-order valence-electron chi connectivity index (χ1n) is 6.99. The van der Waals surface area contributed by atoms with E-state index in [1.54, 1.807) is 0 Å². The molecular formula is C17H21NO. The van der Waals surface area contributed by atoms with E-state index in [0.717, 1.165) is 13.0 Å². The van der Waals surface area contributed by atoms with Crippen molar-refractivity contribution >= 4 is 16.6 Å². The highest BCUT2D eigenvalue weighted by molar-refractivity contribution is 5.88. The van der Waals surface area contributed by atoms with Crippen molar-refractivity contribution in [2.75, 3.05) is 6.54 Å². The molecule has 0 aromatic heterocycles. The van der Waals surface area contributed by atoms with Crippen molar-refractivity contribution in [1.82, 2.24) is 5.32 Å². The van der Waals surface area contributed by atoms with Crippen molar-refractivity contribution in [3.05, 3.63) is 48.0 Å². The molecular weight excluding hydrogens is 234 g/mol. The van der Waals surface area contributed by atoms with Crippen LogP contribution < -0.4 is 5.32 Å². The maximum Gasteiger partial charge on any atom is 0.149 e. The Labute approximate surface area is 114 Å². The second kappa shape index (κ2) is 6.48. The average Bonchev–Trinajstić information content (AvgIpc) is 2.46. The third kappa shape index (κ3) is 3.21. The van der Waals surface area contributed by atoms with Gasteiger partial charge in [-0.2, -0.15) is 0 Å². The summed E-state index contributed by atoms with van der Waals surface area (Å²) in [5.74, 6) is 0.287. The second-order valence-electron chi connectivity index (χ2n) is 4.77. The van der Waals surface area contributed by atoms with E-state index in [4.69, 9.17) is 0 Å². The van der Waals surface area contributed by atoms with Crippen LogP contribution in [0.5, 0.6) is 0 Å². The Morgan fingerprint density at radius 1 is 1.11 bits per heavy atom. The van der Waals surface area contributed by atoms with Gasteiger partial charge in [-0.25, -0.2) is 0 Å². The fourth-order valence-corrected chi connectivity index (χ4v) is 2.48. The third-order valence-corrected chi connectivity index (χ3v) is 3.49. The molecule has 0 aliphatic carbocycles. The van der Waals surface area contributed by atoms with Gasteiger partial charge in [-0.15, -0.1) is 0 Å². The highest BCUT2D eigenvalue weighted by Crippen LogP contribution is 2.20. The molecule has 2 aromatic carbocycles. The van der Waals surface area contributed by atoms with Gasteiger partial charge in [0, 0.05) is 6.42 Å². The van der Waals surface area contributed by atoms with Crippen LogP contribution in [0, 0.1) is 0 Å². The Kier molecular flexibility index (Phi) is 4.69. The number of hydrogen-bond acceptors (Lipinski definition) is 2. The molecule has 0 bridgehead atoms. The molecule has 2 rings (SSSR count). The summed E-state index contributed by atoms with van der Waals surface area (Å²) in [4.78, 5) is 12.0. The Morgan fingerprint density at radius 2 is 1.84 bits per heavy atom. The average molecular weight is 255 g/mol. The van der Waals surface area contributed by atoms with Crippen LogP contribution in [-0.2, 0) is 11.2 Å². The minimum atomic E-state index is -0.0687. The first-order chi connectivity index (χ1) is 9.26. The zero-order chi connectivity index (χ0) is 13.7. The second-order valence-corrected chi connectivity index (χ2v) is 4.77.